The summed E-state index contributed by atoms with van der Waals surface area (Å²) < 4.78 is 11.4. The minimum atomic E-state index is -0.110. The zero-order valence-electron chi connectivity index (χ0n) is 19.8. The lowest BCUT2D eigenvalue weighted by Crippen LogP contribution is -2.31. The number of H-pyrrole nitrogens is 2. The second kappa shape index (κ2) is 10.6. The largest absolute Gasteiger partial charge is 0.492 e. The molecule has 0 atom stereocenters. The molecule has 6 heteroatoms. The molecule has 0 bridgehead atoms. The molecule has 178 valence electrons. The molecule has 0 aliphatic carbocycles. The second-order valence-corrected chi connectivity index (χ2v) is 8.63. The maximum atomic E-state index is 12.7. The Morgan fingerprint density at radius 1 is 0.771 bits per heavy atom. The van der Waals surface area contributed by atoms with Crippen molar-refractivity contribution in [1.29, 1.82) is 0 Å². The first-order valence-electron chi connectivity index (χ1n) is 11.8. The second-order valence-electron chi connectivity index (χ2n) is 8.63. The first-order chi connectivity index (χ1) is 17.2. The van der Waals surface area contributed by atoms with E-state index in [1.165, 1.54) is 5.56 Å². The van der Waals surface area contributed by atoms with Crippen LogP contribution in [0.3, 0.4) is 0 Å². The first kappa shape index (κ1) is 22.9. The van der Waals surface area contributed by atoms with Gasteiger partial charge in [0, 0.05) is 43.2 Å². The molecule has 2 aromatic heterocycles. The highest BCUT2D eigenvalue weighted by Gasteiger charge is 2.11. The number of nitrogens with zero attached hydrogens (tertiary/aromatic N) is 1. The minimum Gasteiger partial charge on any atom is -0.492 e. The molecule has 0 fully saturated rings. The lowest BCUT2D eigenvalue weighted by molar-refractivity contribution is 0.131. The first-order valence-corrected chi connectivity index (χ1v) is 11.8. The van der Waals surface area contributed by atoms with Crippen molar-refractivity contribution in [3.05, 3.63) is 101 Å². The Morgan fingerprint density at radius 2 is 1.54 bits per heavy atom. The molecule has 3 aromatic carbocycles. The number of aromatic nitrogens is 2. The van der Waals surface area contributed by atoms with Crippen molar-refractivity contribution in [2.45, 2.75) is 6.54 Å². The van der Waals surface area contributed by atoms with E-state index in [0.29, 0.717) is 18.8 Å². The van der Waals surface area contributed by atoms with Crippen molar-refractivity contribution in [3.8, 4) is 17.0 Å². The van der Waals surface area contributed by atoms with Gasteiger partial charge in [-0.3, -0.25) is 9.69 Å². The molecule has 0 unspecified atom stereocenters. The summed E-state index contributed by atoms with van der Waals surface area (Å²) >= 11 is 0. The quantitative estimate of drug-likeness (QED) is 0.296. The molecule has 2 N–H and O–H groups in total. The fourth-order valence-electron chi connectivity index (χ4n) is 4.32. The smallest absolute Gasteiger partial charge is 0.257 e. The Morgan fingerprint density at radius 3 is 2.40 bits per heavy atom. The lowest BCUT2D eigenvalue weighted by Gasteiger charge is -2.22. The van der Waals surface area contributed by atoms with E-state index in [0.717, 1.165) is 52.9 Å². The molecule has 35 heavy (non-hydrogen) atoms. The van der Waals surface area contributed by atoms with Gasteiger partial charge in [0.1, 0.15) is 12.4 Å². The fourth-order valence-corrected chi connectivity index (χ4v) is 4.32. The van der Waals surface area contributed by atoms with Gasteiger partial charge < -0.3 is 19.4 Å². The van der Waals surface area contributed by atoms with Gasteiger partial charge in [0.05, 0.1) is 17.9 Å². The van der Waals surface area contributed by atoms with E-state index in [9.17, 15) is 4.79 Å². The van der Waals surface area contributed by atoms with Crippen LogP contribution in [0.25, 0.3) is 33.1 Å². The number of fused-ring (bicyclic) bond motifs is 2. The van der Waals surface area contributed by atoms with Crippen molar-refractivity contribution >= 4 is 21.8 Å². The molecule has 5 aromatic rings. The maximum Gasteiger partial charge on any atom is 0.257 e. The Bertz CT molecular complexity index is 1470. The number of nitrogens with one attached hydrogen (secondary N) is 2. The number of hydrogen-bond donors (Lipinski definition) is 2. The van der Waals surface area contributed by atoms with E-state index in [2.05, 4.69) is 39.1 Å². The fraction of sp³-hybridized carbons (Fsp3) is 0.207. The Kier molecular flexibility index (Phi) is 6.93. The predicted molar refractivity (Wildman–Crippen MR) is 141 cm³/mol. The number of para-hydroxylation sites is 1. The van der Waals surface area contributed by atoms with Crippen LogP contribution in [-0.2, 0) is 11.3 Å². The van der Waals surface area contributed by atoms with Crippen LogP contribution in [0.1, 0.15) is 5.56 Å². The van der Waals surface area contributed by atoms with Crippen molar-refractivity contribution in [2.75, 3.05) is 33.4 Å². The molecule has 0 radical (unpaired) electrons. The number of methoxy groups -OCH3 is 1. The monoisotopic (exact) mass is 467 g/mol. The summed E-state index contributed by atoms with van der Waals surface area (Å²) in [4.78, 5) is 21.3. The molecule has 0 spiro atoms. The van der Waals surface area contributed by atoms with Crippen molar-refractivity contribution < 1.29 is 9.47 Å². The van der Waals surface area contributed by atoms with Crippen molar-refractivity contribution in [3.63, 3.8) is 0 Å². The lowest BCUT2D eigenvalue weighted by atomic mass is 10.1. The summed E-state index contributed by atoms with van der Waals surface area (Å²) in [5.41, 5.74) is 4.37. The third-order valence-corrected chi connectivity index (χ3v) is 6.17. The Hall–Kier alpha value is -3.87. The van der Waals surface area contributed by atoms with E-state index in [1.807, 2.05) is 60.7 Å². The van der Waals surface area contributed by atoms with Crippen LogP contribution in [0.2, 0.25) is 0 Å². The van der Waals surface area contributed by atoms with Crippen LogP contribution in [0.15, 0.2) is 89.7 Å². The van der Waals surface area contributed by atoms with Gasteiger partial charge >= 0.3 is 0 Å². The number of ether oxygens (including phenoxy) is 2. The van der Waals surface area contributed by atoms with Gasteiger partial charge in [-0.05, 0) is 47.3 Å². The third-order valence-electron chi connectivity index (χ3n) is 6.17. The molecule has 0 saturated carbocycles. The van der Waals surface area contributed by atoms with E-state index in [4.69, 9.17) is 9.47 Å². The van der Waals surface area contributed by atoms with Gasteiger partial charge in [0.15, 0.2) is 0 Å². The average molecular weight is 468 g/mol. The molecule has 0 aliphatic rings. The minimum absolute atomic E-state index is 0.110. The Labute approximate surface area is 204 Å². The van der Waals surface area contributed by atoms with Gasteiger partial charge in [-0.1, -0.05) is 48.5 Å². The molecule has 0 saturated heterocycles. The number of aromatic amines is 2. The van der Waals surface area contributed by atoms with Crippen LogP contribution in [0.4, 0.5) is 0 Å². The molecule has 2 heterocycles. The Balaban J connectivity index is 1.28. The van der Waals surface area contributed by atoms with Gasteiger partial charge in [-0.25, -0.2) is 0 Å². The zero-order valence-corrected chi connectivity index (χ0v) is 19.8. The van der Waals surface area contributed by atoms with Gasteiger partial charge in [-0.2, -0.15) is 0 Å². The summed E-state index contributed by atoms with van der Waals surface area (Å²) in [6.45, 7) is 3.74. The highest BCUT2D eigenvalue weighted by atomic mass is 16.5. The van der Waals surface area contributed by atoms with Crippen LogP contribution in [0.5, 0.6) is 5.75 Å². The van der Waals surface area contributed by atoms with Crippen LogP contribution < -0.4 is 10.3 Å². The molecule has 6 nitrogen and oxygen atoms in total. The SMILES string of the molecule is COCCN(CCOc1ccc2[nH]c(-c3cc4ccccc4[nH]c3=O)cc2c1)Cc1ccccc1. The maximum absolute atomic E-state index is 12.7. The molecule has 5 rings (SSSR count). The van der Waals surface area contributed by atoms with Crippen LogP contribution in [-0.4, -0.2) is 48.3 Å². The summed E-state index contributed by atoms with van der Waals surface area (Å²) in [6, 6.07) is 28.1. The average Bonchev–Trinajstić information content (AvgIpc) is 3.30. The topological polar surface area (TPSA) is 70.3 Å². The number of rotatable bonds is 10. The van der Waals surface area contributed by atoms with E-state index >= 15 is 0 Å². The zero-order chi connectivity index (χ0) is 24.0. The van der Waals surface area contributed by atoms with Crippen molar-refractivity contribution in [2.24, 2.45) is 0 Å². The number of pyridine rings is 1. The van der Waals surface area contributed by atoms with Crippen LogP contribution >= 0.6 is 0 Å². The third kappa shape index (κ3) is 5.45. The summed E-state index contributed by atoms with van der Waals surface area (Å²) in [5.74, 6) is 0.807. The standard InChI is InChI=1S/C29H29N3O3/c1-34-15-13-32(20-21-7-3-2-4-8-21)14-16-35-24-11-12-27-23(17-24)19-28(30-27)25-18-22-9-5-6-10-26(22)31-29(25)33/h2-12,17-19,30H,13-16,20H2,1H3,(H,31,33). The van der Waals surface area contributed by atoms with Gasteiger partial charge in [-0.15, -0.1) is 0 Å². The van der Waals surface area contributed by atoms with E-state index < -0.39 is 0 Å². The van der Waals surface area contributed by atoms with Crippen LogP contribution in [0, 0.1) is 0 Å². The summed E-state index contributed by atoms with van der Waals surface area (Å²) in [6.07, 6.45) is 0. The summed E-state index contributed by atoms with van der Waals surface area (Å²) in [7, 11) is 1.73. The molecule has 0 aliphatic heterocycles. The normalized spacial score (nSPS) is 11.5. The van der Waals surface area contributed by atoms with Gasteiger partial charge in [0.2, 0.25) is 0 Å². The van der Waals surface area contributed by atoms with Gasteiger partial charge in [0.25, 0.3) is 5.56 Å². The van der Waals surface area contributed by atoms with E-state index in [-0.39, 0.29) is 5.56 Å². The predicted octanol–water partition coefficient (Wildman–Crippen LogP) is 5.20. The highest BCUT2D eigenvalue weighted by Crippen LogP contribution is 2.27. The number of hydrogen-bond acceptors (Lipinski definition) is 4. The van der Waals surface area contributed by atoms with E-state index in [1.54, 1.807) is 7.11 Å². The molecular weight excluding hydrogens is 438 g/mol. The molecular formula is C29H29N3O3. The van der Waals surface area contributed by atoms with Crippen molar-refractivity contribution in [1.82, 2.24) is 14.9 Å². The highest BCUT2D eigenvalue weighted by molar-refractivity contribution is 5.89. The summed E-state index contributed by atoms with van der Waals surface area (Å²) in [5, 5.41) is 2.00. The number of benzene rings is 3. The molecule has 0 amide bonds.